The second kappa shape index (κ2) is 5.60. The summed E-state index contributed by atoms with van der Waals surface area (Å²) in [5.74, 6) is 0. The highest BCUT2D eigenvalue weighted by molar-refractivity contribution is 6.30. The molecule has 1 aromatic rings. The van der Waals surface area contributed by atoms with Crippen LogP contribution in [0.1, 0.15) is 45.3 Å². The van der Waals surface area contributed by atoms with E-state index in [0.717, 1.165) is 24.4 Å². The highest BCUT2D eigenvalue weighted by Crippen LogP contribution is 2.35. The summed E-state index contributed by atoms with van der Waals surface area (Å²) >= 11 is 5.94. The Morgan fingerprint density at radius 3 is 2.44 bits per heavy atom. The van der Waals surface area contributed by atoms with Crippen LogP contribution in [-0.2, 0) is 4.74 Å². The van der Waals surface area contributed by atoms with Crippen molar-refractivity contribution in [1.82, 2.24) is 5.32 Å². The summed E-state index contributed by atoms with van der Waals surface area (Å²) in [6.07, 6.45) is 2.18. The SMILES string of the molecule is CCC1(CC)CNC(C)C(c2ccc(Cl)cc2)O1. The molecule has 0 saturated carbocycles. The van der Waals surface area contributed by atoms with Gasteiger partial charge < -0.3 is 10.1 Å². The molecule has 2 unspecified atom stereocenters. The van der Waals surface area contributed by atoms with Crippen LogP contribution in [0.15, 0.2) is 24.3 Å². The lowest BCUT2D eigenvalue weighted by atomic mass is 9.91. The Balaban J connectivity index is 2.22. The van der Waals surface area contributed by atoms with Crippen molar-refractivity contribution in [3.05, 3.63) is 34.9 Å². The Hall–Kier alpha value is -0.570. The summed E-state index contributed by atoms with van der Waals surface area (Å²) in [4.78, 5) is 0. The van der Waals surface area contributed by atoms with Crippen molar-refractivity contribution in [2.24, 2.45) is 0 Å². The molecule has 1 saturated heterocycles. The van der Waals surface area contributed by atoms with E-state index in [4.69, 9.17) is 16.3 Å². The monoisotopic (exact) mass is 267 g/mol. The lowest BCUT2D eigenvalue weighted by molar-refractivity contribution is -0.139. The number of benzene rings is 1. The van der Waals surface area contributed by atoms with Gasteiger partial charge in [-0.1, -0.05) is 37.6 Å². The summed E-state index contributed by atoms with van der Waals surface area (Å²) in [6.45, 7) is 7.50. The molecule has 1 aliphatic heterocycles. The number of hydrogen-bond acceptors (Lipinski definition) is 2. The molecule has 100 valence electrons. The fourth-order valence-electron chi connectivity index (χ4n) is 2.54. The molecule has 0 bridgehead atoms. The Kier molecular flexibility index (Phi) is 4.31. The number of ether oxygens (including phenoxy) is 1. The number of hydrogen-bond donors (Lipinski definition) is 1. The van der Waals surface area contributed by atoms with E-state index in [1.165, 1.54) is 5.56 Å². The predicted molar refractivity (Wildman–Crippen MR) is 76.1 cm³/mol. The summed E-state index contributed by atoms with van der Waals surface area (Å²) in [5, 5.41) is 4.35. The quantitative estimate of drug-likeness (QED) is 0.895. The van der Waals surface area contributed by atoms with Crippen LogP contribution in [0.25, 0.3) is 0 Å². The van der Waals surface area contributed by atoms with E-state index < -0.39 is 0 Å². The maximum Gasteiger partial charge on any atom is 0.0983 e. The van der Waals surface area contributed by atoms with Crippen LogP contribution >= 0.6 is 11.6 Å². The maximum atomic E-state index is 6.40. The number of halogens is 1. The number of morpholine rings is 1. The molecule has 2 nitrogen and oxygen atoms in total. The second-order valence-electron chi connectivity index (χ2n) is 5.15. The fraction of sp³-hybridized carbons (Fsp3) is 0.600. The smallest absolute Gasteiger partial charge is 0.0983 e. The Labute approximate surface area is 115 Å². The van der Waals surface area contributed by atoms with Crippen molar-refractivity contribution in [2.75, 3.05) is 6.54 Å². The normalized spacial score (nSPS) is 27.1. The first kappa shape index (κ1) is 13.9. The highest BCUT2D eigenvalue weighted by Gasteiger charge is 2.38. The lowest BCUT2D eigenvalue weighted by Gasteiger charge is -2.44. The lowest BCUT2D eigenvalue weighted by Crippen LogP contribution is -2.54. The molecule has 0 radical (unpaired) electrons. The van der Waals surface area contributed by atoms with Crippen molar-refractivity contribution in [2.45, 2.75) is 51.4 Å². The molecular weight excluding hydrogens is 246 g/mol. The highest BCUT2D eigenvalue weighted by atomic mass is 35.5. The first-order valence-corrected chi connectivity index (χ1v) is 7.14. The van der Waals surface area contributed by atoms with Gasteiger partial charge in [-0.2, -0.15) is 0 Å². The Morgan fingerprint density at radius 1 is 1.28 bits per heavy atom. The van der Waals surface area contributed by atoms with E-state index in [2.05, 4.69) is 38.2 Å². The zero-order chi connectivity index (χ0) is 13.2. The molecule has 1 aliphatic rings. The van der Waals surface area contributed by atoms with Gasteiger partial charge in [0, 0.05) is 17.6 Å². The van der Waals surface area contributed by atoms with Crippen LogP contribution < -0.4 is 5.32 Å². The van der Waals surface area contributed by atoms with Crippen LogP contribution in [0.2, 0.25) is 5.02 Å². The van der Waals surface area contributed by atoms with Gasteiger partial charge in [0.25, 0.3) is 0 Å². The number of nitrogens with one attached hydrogen (secondary N) is 1. The molecule has 2 atom stereocenters. The van der Waals surface area contributed by atoms with Gasteiger partial charge in [-0.05, 0) is 37.5 Å². The largest absolute Gasteiger partial charge is 0.364 e. The summed E-state index contributed by atoms with van der Waals surface area (Å²) in [5.41, 5.74) is 1.17. The fourth-order valence-corrected chi connectivity index (χ4v) is 2.67. The van der Waals surface area contributed by atoms with Crippen molar-refractivity contribution < 1.29 is 4.74 Å². The maximum absolute atomic E-state index is 6.40. The summed E-state index contributed by atoms with van der Waals surface area (Å²) in [6, 6.07) is 8.32. The van der Waals surface area contributed by atoms with Crippen LogP contribution in [0, 0.1) is 0 Å². The van der Waals surface area contributed by atoms with Crippen LogP contribution in [0.4, 0.5) is 0 Å². The van der Waals surface area contributed by atoms with Gasteiger partial charge in [0.2, 0.25) is 0 Å². The predicted octanol–water partition coefficient (Wildman–Crippen LogP) is 3.95. The van der Waals surface area contributed by atoms with E-state index in [9.17, 15) is 0 Å². The third-order valence-electron chi connectivity index (χ3n) is 4.06. The van der Waals surface area contributed by atoms with Crippen LogP contribution in [0.3, 0.4) is 0 Å². The van der Waals surface area contributed by atoms with Crippen molar-refractivity contribution >= 4 is 11.6 Å². The molecule has 0 amide bonds. The molecule has 1 fully saturated rings. The zero-order valence-corrected chi connectivity index (χ0v) is 12.1. The van der Waals surface area contributed by atoms with Crippen LogP contribution in [0.5, 0.6) is 0 Å². The van der Waals surface area contributed by atoms with Crippen molar-refractivity contribution in [3.63, 3.8) is 0 Å². The summed E-state index contributed by atoms with van der Waals surface area (Å²) in [7, 11) is 0. The van der Waals surface area contributed by atoms with Gasteiger partial charge in [0.05, 0.1) is 11.7 Å². The minimum atomic E-state index is -0.0309. The molecular formula is C15H22ClNO. The topological polar surface area (TPSA) is 21.3 Å². The van der Waals surface area contributed by atoms with Crippen LogP contribution in [-0.4, -0.2) is 18.2 Å². The number of rotatable bonds is 3. The average Bonchev–Trinajstić information content (AvgIpc) is 2.41. The minimum Gasteiger partial charge on any atom is -0.364 e. The summed E-state index contributed by atoms with van der Waals surface area (Å²) < 4.78 is 6.40. The van der Waals surface area contributed by atoms with E-state index in [1.807, 2.05) is 12.1 Å². The third-order valence-corrected chi connectivity index (χ3v) is 4.32. The first-order chi connectivity index (χ1) is 8.60. The average molecular weight is 268 g/mol. The molecule has 2 rings (SSSR count). The molecule has 1 aromatic carbocycles. The molecule has 18 heavy (non-hydrogen) atoms. The standard InChI is InChI=1S/C15H22ClNO/c1-4-15(5-2)10-17-11(3)14(18-15)12-6-8-13(16)9-7-12/h6-9,11,14,17H,4-5,10H2,1-3H3. The van der Waals surface area contributed by atoms with Gasteiger partial charge in [0.1, 0.15) is 0 Å². The molecule has 0 aliphatic carbocycles. The van der Waals surface area contributed by atoms with Gasteiger partial charge in [-0.15, -0.1) is 0 Å². The van der Waals surface area contributed by atoms with E-state index in [-0.39, 0.29) is 11.7 Å². The van der Waals surface area contributed by atoms with E-state index >= 15 is 0 Å². The van der Waals surface area contributed by atoms with Gasteiger partial charge in [-0.25, -0.2) is 0 Å². The van der Waals surface area contributed by atoms with E-state index in [1.54, 1.807) is 0 Å². The van der Waals surface area contributed by atoms with Gasteiger partial charge >= 0.3 is 0 Å². The third kappa shape index (κ3) is 2.71. The van der Waals surface area contributed by atoms with Gasteiger partial charge in [0.15, 0.2) is 0 Å². The van der Waals surface area contributed by atoms with Crippen molar-refractivity contribution in [1.29, 1.82) is 0 Å². The molecule has 1 heterocycles. The molecule has 0 aromatic heterocycles. The Morgan fingerprint density at radius 2 is 1.89 bits per heavy atom. The minimum absolute atomic E-state index is 0.0309. The molecule has 0 spiro atoms. The van der Waals surface area contributed by atoms with Crippen molar-refractivity contribution in [3.8, 4) is 0 Å². The zero-order valence-electron chi connectivity index (χ0n) is 11.4. The molecule has 3 heteroatoms. The second-order valence-corrected chi connectivity index (χ2v) is 5.59. The Bertz CT molecular complexity index is 386. The van der Waals surface area contributed by atoms with E-state index in [0.29, 0.717) is 6.04 Å². The molecule has 1 N–H and O–H groups in total. The first-order valence-electron chi connectivity index (χ1n) is 6.77. The van der Waals surface area contributed by atoms with Gasteiger partial charge in [-0.3, -0.25) is 0 Å².